The molecule has 0 bridgehead atoms. The Balaban J connectivity index is 2.13. The second-order valence-corrected chi connectivity index (χ2v) is 7.08. The van der Waals surface area contributed by atoms with Gasteiger partial charge in [-0.15, -0.1) is 6.58 Å². The van der Waals surface area contributed by atoms with Gasteiger partial charge in [-0.3, -0.25) is 4.79 Å². The second-order valence-electron chi connectivity index (χ2n) is 5.62. The third kappa shape index (κ3) is 3.57. The van der Waals surface area contributed by atoms with Crippen LogP contribution in [0.1, 0.15) is 12.7 Å². The first-order valence-corrected chi connectivity index (χ1v) is 9.00. The molecule has 0 fully saturated rings. The summed E-state index contributed by atoms with van der Waals surface area (Å²) in [5.74, 6) is 0.624. The lowest BCUT2D eigenvalue weighted by atomic mass is 10.2. The van der Waals surface area contributed by atoms with Crippen LogP contribution in [0.3, 0.4) is 0 Å². The molecule has 1 heterocycles. The molecule has 6 heteroatoms. The molecule has 1 atom stereocenters. The van der Waals surface area contributed by atoms with E-state index in [0.717, 1.165) is 4.90 Å². The van der Waals surface area contributed by atoms with E-state index in [1.807, 2.05) is 60.7 Å². The molecule has 4 nitrogen and oxygen atoms in total. The molecule has 3 rings (SSSR count). The normalized spacial score (nSPS) is 12.1. The minimum atomic E-state index is -0.0988. The third-order valence-corrected chi connectivity index (χ3v) is 5.23. The van der Waals surface area contributed by atoms with Gasteiger partial charge in [-0.1, -0.05) is 29.8 Å². The van der Waals surface area contributed by atoms with Crippen molar-refractivity contribution in [2.45, 2.75) is 24.8 Å². The van der Waals surface area contributed by atoms with Crippen LogP contribution in [0, 0.1) is 6.92 Å². The molecular formula is C19H18ClN3OS. The molecule has 0 aliphatic heterocycles. The Labute approximate surface area is 155 Å². The molecule has 3 aromatic rings. The van der Waals surface area contributed by atoms with E-state index in [1.54, 1.807) is 16.8 Å². The molecule has 0 aliphatic carbocycles. The van der Waals surface area contributed by atoms with Gasteiger partial charge in [-0.2, -0.15) is 4.68 Å². The minimum absolute atomic E-state index is 0.0833. The van der Waals surface area contributed by atoms with Crippen molar-refractivity contribution in [1.29, 1.82) is 0 Å². The molecule has 0 saturated carbocycles. The van der Waals surface area contributed by atoms with Crippen molar-refractivity contribution in [2.75, 3.05) is 4.41 Å². The fourth-order valence-corrected chi connectivity index (χ4v) is 3.59. The number of aryl methyl sites for hydroxylation is 1. The summed E-state index contributed by atoms with van der Waals surface area (Å²) in [6.07, 6.45) is 1.80. The number of aromatic nitrogens is 2. The molecule has 1 aromatic heterocycles. The fourth-order valence-electron chi connectivity index (χ4n) is 2.47. The first kappa shape index (κ1) is 17.6. The summed E-state index contributed by atoms with van der Waals surface area (Å²) in [4.78, 5) is 18.6. The number of benzene rings is 2. The van der Waals surface area contributed by atoms with Crippen molar-refractivity contribution < 1.29 is 0 Å². The van der Waals surface area contributed by atoms with Crippen LogP contribution in [-0.2, 0) is 0 Å². The van der Waals surface area contributed by atoms with Crippen molar-refractivity contribution in [3.8, 4) is 0 Å². The Kier molecular flexibility index (Phi) is 5.16. The maximum absolute atomic E-state index is 13.1. The van der Waals surface area contributed by atoms with Gasteiger partial charge in [-0.25, -0.2) is 9.40 Å². The van der Waals surface area contributed by atoms with Crippen molar-refractivity contribution >= 4 is 34.5 Å². The summed E-state index contributed by atoms with van der Waals surface area (Å²) < 4.78 is 3.49. The van der Waals surface area contributed by atoms with Gasteiger partial charge in [0.1, 0.15) is 5.82 Å². The zero-order valence-electron chi connectivity index (χ0n) is 14.0. The number of hydrogen-bond donors (Lipinski definition) is 0. The van der Waals surface area contributed by atoms with E-state index in [9.17, 15) is 4.79 Å². The highest BCUT2D eigenvalue weighted by Crippen LogP contribution is 2.25. The number of hydrogen-bond acceptors (Lipinski definition) is 4. The standard InChI is InChI=1S/C19H18ClN3OS/c1-4-13(2)23(25-16-11-9-15(20)10-12-16)22-14(3)21-18-8-6-5-7-17(18)19(22)24/h4-13H,1H2,2-3H3. The molecule has 0 aliphatic rings. The van der Waals surface area contributed by atoms with Crippen LogP contribution in [0.15, 0.2) is 70.9 Å². The number of fused-ring (bicyclic) bond motifs is 1. The first-order chi connectivity index (χ1) is 12.0. The van der Waals surface area contributed by atoms with E-state index < -0.39 is 0 Å². The predicted molar refractivity (Wildman–Crippen MR) is 106 cm³/mol. The smallest absolute Gasteiger partial charge is 0.267 e. The van der Waals surface area contributed by atoms with E-state index in [4.69, 9.17) is 11.6 Å². The SMILES string of the molecule is C=CC(C)N(Sc1ccc(Cl)cc1)n1c(C)nc2ccccc2c1=O. The van der Waals surface area contributed by atoms with Gasteiger partial charge in [-0.05, 0) is 50.2 Å². The van der Waals surface area contributed by atoms with Crippen LogP contribution < -0.4 is 9.97 Å². The van der Waals surface area contributed by atoms with Crippen LogP contribution in [0.25, 0.3) is 10.9 Å². The van der Waals surface area contributed by atoms with E-state index in [0.29, 0.717) is 21.7 Å². The molecule has 1 unspecified atom stereocenters. The van der Waals surface area contributed by atoms with Crippen LogP contribution >= 0.6 is 23.5 Å². The molecule has 0 amide bonds. The minimum Gasteiger partial charge on any atom is -0.267 e. The van der Waals surface area contributed by atoms with Crippen molar-refractivity contribution in [2.24, 2.45) is 0 Å². The average molecular weight is 372 g/mol. The number of nitrogens with zero attached hydrogens (tertiary/aromatic N) is 3. The molecule has 0 radical (unpaired) electrons. The van der Waals surface area contributed by atoms with Gasteiger partial charge in [0.05, 0.1) is 16.9 Å². The van der Waals surface area contributed by atoms with Crippen LogP contribution in [0.4, 0.5) is 0 Å². The fraction of sp³-hybridized carbons (Fsp3) is 0.158. The highest BCUT2D eigenvalue weighted by Gasteiger charge is 2.19. The Morgan fingerprint density at radius 1 is 1.24 bits per heavy atom. The van der Waals surface area contributed by atoms with Gasteiger partial charge in [0.2, 0.25) is 0 Å². The van der Waals surface area contributed by atoms with Crippen LogP contribution in [-0.4, -0.2) is 15.7 Å². The lowest BCUT2D eigenvalue weighted by Crippen LogP contribution is -2.43. The Morgan fingerprint density at radius 3 is 2.60 bits per heavy atom. The maximum Gasteiger partial charge on any atom is 0.280 e. The van der Waals surface area contributed by atoms with E-state index >= 15 is 0 Å². The quantitative estimate of drug-likeness (QED) is 0.486. The summed E-state index contributed by atoms with van der Waals surface area (Å²) in [5, 5.41) is 1.26. The van der Waals surface area contributed by atoms with E-state index in [2.05, 4.69) is 11.6 Å². The van der Waals surface area contributed by atoms with Gasteiger partial charge < -0.3 is 0 Å². The Bertz CT molecular complexity index is 969. The Morgan fingerprint density at radius 2 is 1.92 bits per heavy atom. The van der Waals surface area contributed by atoms with Gasteiger partial charge >= 0.3 is 0 Å². The highest BCUT2D eigenvalue weighted by atomic mass is 35.5. The number of halogens is 1. The second kappa shape index (κ2) is 7.33. The summed E-state index contributed by atoms with van der Waals surface area (Å²) in [7, 11) is 0. The van der Waals surface area contributed by atoms with E-state index in [-0.39, 0.29) is 11.6 Å². The summed E-state index contributed by atoms with van der Waals surface area (Å²) in [6.45, 7) is 7.69. The predicted octanol–water partition coefficient (Wildman–Crippen LogP) is 4.58. The lowest BCUT2D eigenvalue weighted by Gasteiger charge is -2.30. The van der Waals surface area contributed by atoms with E-state index in [1.165, 1.54) is 11.9 Å². The third-order valence-electron chi connectivity index (χ3n) is 3.81. The summed E-state index contributed by atoms with van der Waals surface area (Å²) >= 11 is 7.41. The molecule has 128 valence electrons. The van der Waals surface area contributed by atoms with Crippen LogP contribution in [0.2, 0.25) is 5.02 Å². The van der Waals surface area contributed by atoms with Crippen molar-refractivity contribution in [3.05, 3.63) is 82.4 Å². The van der Waals surface area contributed by atoms with Crippen molar-refractivity contribution in [3.63, 3.8) is 0 Å². The lowest BCUT2D eigenvalue weighted by molar-refractivity contribution is 0.646. The summed E-state index contributed by atoms with van der Waals surface area (Å²) in [5.41, 5.74) is 0.599. The topological polar surface area (TPSA) is 38.1 Å². The maximum atomic E-state index is 13.1. The van der Waals surface area contributed by atoms with Crippen molar-refractivity contribution in [1.82, 2.24) is 9.66 Å². The zero-order chi connectivity index (χ0) is 18.0. The largest absolute Gasteiger partial charge is 0.280 e. The van der Waals surface area contributed by atoms with Gasteiger partial charge in [0.25, 0.3) is 5.56 Å². The van der Waals surface area contributed by atoms with Crippen LogP contribution in [0.5, 0.6) is 0 Å². The molecule has 0 saturated heterocycles. The number of rotatable bonds is 5. The van der Waals surface area contributed by atoms with Gasteiger partial charge in [0.15, 0.2) is 0 Å². The molecule has 2 aromatic carbocycles. The molecule has 0 N–H and O–H groups in total. The highest BCUT2D eigenvalue weighted by molar-refractivity contribution is 8.00. The van der Waals surface area contributed by atoms with Gasteiger partial charge in [0, 0.05) is 21.9 Å². The summed E-state index contributed by atoms with van der Waals surface area (Å²) in [6, 6.07) is 14.8. The molecule has 25 heavy (non-hydrogen) atoms. The molecule has 0 spiro atoms. The monoisotopic (exact) mass is 371 g/mol. The average Bonchev–Trinajstić information content (AvgIpc) is 2.62. The number of para-hydroxylation sites is 1. The Hall–Kier alpha value is -2.24. The zero-order valence-corrected chi connectivity index (χ0v) is 15.6. The first-order valence-electron chi connectivity index (χ1n) is 7.85. The molecular weight excluding hydrogens is 354 g/mol.